The average Bonchev–Trinajstić information content (AvgIpc) is 2.83. The Morgan fingerprint density at radius 3 is 2.44 bits per heavy atom. The van der Waals surface area contributed by atoms with Gasteiger partial charge in [0.2, 0.25) is 5.43 Å². The molecule has 182 valence electrons. The Bertz CT molecular complexity index is 1210. The molecule has 1 heterocycles. The normalized spacial score (nSPS) is 10.9. The highest BCUT2D eigenvalue weighted by atomic mass is 79.9. The summed E-state index contributed by atoms with van der Waals surface area (Å²) < 4.78 is 13.1. The first-order valence-electron chi connectivity index (χ1n) is 11.3. The third-order valence-corrected chi connectivity index (χ3v) is 6.22. The molecule has 0 saturated heterocycles. The van der Waals surface area contributed by atoms with Crippen molar-refractivity contribution in [3.63, 3.8) is 0 Å². The average molecular weight is 531 g/mol. The van der Waals surface area contributed by atoms with Crippen LogP contribution in [0.3, 0.4) is 0 Å². The van der Waals surface area contributed by atoms with Gasteiger partial charge in [-0.2, -0.15) is 0 Å². The maximum absolute atomic E-state index is 12.9. The Labute approximate surface area is 208 Å². The number of rotatable bonds is 12. The van der Waals surface area contributed by atoms with Gasteiger partial charge in [-0.1, -0.05) is 35.2 Å². The van der Waals surface area contributed by atoms with E-state index >= 15 is 0 Å². The van der Waals surface area contributed by atoms with Crippen molar-refractivity contribution in [1.82, 2.24) is 4.57 Å². The number of fused-ring (bicyclic) bond motifs is 1. The van der Waals surface area contributed by atoms with Crippen LogP contribution in [-0.2, 0) is 0 Å². The van der Waals surface area contributed by atoms with Gasteiger partial charge < -0.3 is 24.0 Å². The molecular weight excluding hydrogens is 500 g/mol. The number of hydrogen-bond acceptors (Lipinski definition) is 5. The maximum atomic E-state index is 12.9. The number of anilines is 1. The van der Waals surface area contributed by atoms with E-state index in [1.54, 1.807) is 29.9 Å². The van der Waals surface area contributed by atoms with Gasteiger partial charge in [-0.05, 0) is 31.0 Å². The topological polar surface area (TPSA) is 81.0 Å². The second-order valence-electron chi connectivity index (χ2n) is 8.31. The fraction of sp³-hybridized carbons (Fsp3) is 0.385. The van der Waals surface area contributed by atoms with Gasteiger partial charge in [-0.25, -0.2) is 4.79 Å². The summed E-state index contributed by atoms with van der Waals surface area (Å²) in [5.74, 6) is -0.00577. The van der Waals surface area contributed by atoms with Gasteiger partial charge in [0, 0.05) is 54.9 Å². The minimum Gasteiger partial charge on any atom is -0.497 e. The fourth-order valence-corrected chi connectivity index (χ4v) is 4.16. The molecule has 0 spiro atoms. The van der Waals surface area contributed by atoms with Crippen LogP contribution >= 0.6 is 15.9 Å². The van der Waals surface area contributed by atoms with Crippen LogP contribution in [0.5, 0.6) is 11.5 Å². The summed E-state index contributed by atoms with van der Waals surface area (Å²) in [5.41, 5.74) is 1.32. The van der Waals surface area contributed by atoms with Crippen molar-refractivity contribution in [3.05, 3.63) is 58.4 Å². The number of ether oxygens (including phenoxy) is 2. The van der Waals surface area contributed by atoms with Gasteiger partial charge >= 0.3 is 5.97 Å². The molecule has 2 aromatic carbocycles. The summed E-state index contributed by atoms with van der Waals surface area (Å²) in [6.07, 6.45) is 6.98. The number of alkyl halides is 1. The molecule has 0 saturated carbocycles. The lowest BCUT2D eigenvalue weighted by molar-refractivity contribution is 0.0695. The van der Waals surface area contributed by atoms with Crippen molar-refractivity contribution in [3.8, 4) is 17.2 Å². The fourth-order valence-electron chi connectivity index (χ4n) is 3.76. The molecule has 7 nitrogen and oxygen atoms in total. The molecule has 3 aromatic rings. The predicted octanol–water partition coefficient (Wildman–Crippen LogP) is 5.49. The molecule has 0 aliphatic carbocycles. The van der Waals surface area contributed by atoms with Crippen LogP contribution in [0.2, 0.25) is 0 Å². The summed E-state index contributed by atoms with van der Waals surface area (Å²) >= 11 is 3.45. The predicted molar refractivity (Wildman–Crippen MR) is 140 cm³/mol. The molecule has 0 unspecified atom stereocenters. The smallest absolute Gasteiger partial charge is 0.341 e. The Balaban J connectivity index is 2.02. The van der Waals surface area contributed by atoms with E-state index < -0.39 is 11.4 Å². The number of unbranched alkanes of at least 4 members (excludes halogenated alkanes) is 4. The highest BCUT2D eigenvalue weighted by molar-refractivity contribution is 9.09. The maximum Gasteiger partial charge on any atom is 0.341 e. The third-order valence-electron chi connectivity index (χ3n) is 5.66. The zero-order valence-corrected chi connectivity index (χ0v) is 21.4. The van der Waals surface area contributed by atoms with Crippen LogP contribution in [0.15, 0.2) is 47.4 Å². The summed E-state index contributed by atoms with van der Waals surface area (Å²) in [6, 6.07) is 10.8. The summed E-state index contributed by atoms with van der Waals surface area (Å²) in [6.45, 7) is 0.585. The van der Waals surface area contributed by atoms with Crippen molar-refractivity contribution in [2.75, 3.05) is 38.0 Å². The molecule has 0 aliphatic rings. The minimum atomic E-state index is -1.27. The standard InChI is InChI=1S/C26H31BrN2O5/c1-28(2)18-13-19(15-21(14-18)33-3)29-17-23(26(31)32)25(30)22-10-9-20(16-24(22)29)34-12-8-6-4-5-7-11-27/h9-10,13-17H,4-8,11-12H2,1-3H3,(H,31,32). The lowest BCUT2D eigenvalue weighted by Crippen LogP contribution is -2.18. The van der Waals surface area contributed by atoms with Crippen LogP contribution in [0.25, 0.3) is 16.6 Å². The van der Waals surface area contributed by atoms with Gasteiger partial charge in [-0.3, -0.25) is 4.79 Å². The molecule has 3 rings (SSSR count). The van der Waals surface area contributed by atoms with E-state index in [2.05, 4.69) is 15.9 Å². The molecule has 34 heavy (non-hydrogen) atoms. The molecule has 1 aromatic heterocycles. The van der Waals surface area contributed by atoms with Gasteiger partial charge in [-0.15, -0.1) is 0 Å². The highest BCUT2D eigenvalue weighted by Gasteiger charge is 2.17. The molecule has 0 atom stereocenters. The molecule has 0 aliphatic heterocycles. The molecule has 8 heteroatoms. The van der Waals surface area contributed by atoms with Crippen LogP contribution in [0.4, 0.5) is 5.69 Å². The molecule has 1 N–H and O–H groups in total. The molecule has 0 radical (unpaired) electrons. The second kappa shape index (κ2) is 11.9. The SMILES string of the molecule is COc1cc(N(C)C)cc(-n2cc(C(=O)O)c(=O)c3ccc(OCCCCCCCBr)cc32)c1. The number of aromatic carboxylic acids is 1. The van der Waals surface area contributed by atoms with Crippen molar-refractivity contribution >= 4 is 38.5 Å². The van der Waals surface area contributed by atoms with E-state index in [9.17, 15) is 14.7 Å². The van der Waals surface area contributed by atoms with Gasteiger partial charge in [0.15, 0.2) is 0 Å². The first-order valence-corrected chi connectivity index (χ1v) is 12.5. The lowest BCUT2D eigenvalue weighted by Gasteiger charge is -2.19. The largest absolute Gasteiger partial charge is 0.497 e. The number of aromatic nitrogens is 1. The molecular formula is C26H31BrN2O5. The van der Waals surface area contributed by atoms with Crippen molar-refractivity contribution < 1.29 is 19.4 Å². The second-order valence-corrected chi connectivity index (χ2v) is 9.11. The van der Waals surface area contributed by atoms with Crippen LogP contribution in [-0.4, -0.2) is 48.8 Å². The van der Waals surface area contributed by atoms with Crippen LogP contribution in [0, 0.1) is 0 Å². The number of nitrogens with zero attached hydrogens (tertiary/aromatic N) is 2. The lowest BCUT2D eigenvalue weighted by atomic mass is 10.1. The highest BCUT2D eigenvalue weighted by Crippen LogP contribution is 2.29. The van der Waals surface area contributed by atoms with Gasteiger partial charge in [0.1, 0.15) is 17.1 Å². The summed E-state index contributed by atoms with van der Waals surface area (Å²) in [4.78, 5) is 26.6. The number of hydrogen-bond donors (Lipinski definition) is 1. The number of methoxy groups -OCH3 is 1. The van der Waals surface area contributed by atoms with Crippen LogP contribution in [0.1, 0.15) is 42.5 Å². The Morgan fingerprint density at radius 2 is 1.76 bits per heavy atom. The Hall–Kier alpha value is -3.00. The van der Waals surface area contributed by atoms with E-state index in [4.69, 9.17) is 9.47 Å². The monoisotopic (exact) mass is 530 g/mol. The summed E-state index contributed by atoms with van der Waals surface area (Å²) in [7, 11) is 5.41. The number of carbonyl (C=O) groups is 1. The van der Waals surface area contributed by atoms with Gasteiger partial charge in [0.25, 0.3) is 0 Å². The van der Waals surface area contributed by atoms with Crippen molar-refractivity contribution in [2.45, 2.75) is 32.1 Å². The zero-order chi connectivity index (χ0) is 24.7. The van der Waals surface area contributed by atoms with E-state index in [1.165, 1.54) is 25.5 Å². The number of benzene rings is 2. The molecule has 0 bridgehead atoms. The first-order chi connectivity index (χ1) is 16.3. The van der Waals surface area contributed by atoms with Crippen molar-refractivity contribution in [1.29, 1.82) is 0 Å². The Kier molecular flexibility index (Phi) is 8.98. The quantitative estimate of drug-likeness (QED) is 0.246. The minimum absolute atomic E-state index is 0.293. The number of halogens is 1. The molecule has 0 fully saturated rings. The van der Waals surface area contributed by atoms with Crippen LogP contribution < -0.4 is 19.8 Å². The van der Waals surface area contributed by atoms with E-state index in [0.717, 1.165) is 23.9 Å². The van der Waals surface area contributed by atoms with E-state index in [1.807, 2.05) is 37.2 Å². The summed E-state index contributed by atoms with van der Waals surface area (Å²) in [5, 5.41) is 11.0. The molecule has 0 amide bonds. The van der Waals surface area contributed by atoms with E-state index in [-0.39, 0.29) is 5.56 Å². The van der Waals surface area contributed by atoms with Gasteiger partial charge in [0.05, 0.1) is 24.9 Å². The third kappa shape index (κ3) is 6.11. The Morgan fingerprint density at radius 1 is 1.03 bits per heavy atom. The first kappa shape index (κ1) is 25.6. The number of carboxylic acid groups (broad SMARTS) is 1. The van der Waals surface area contributed by atoms with Crippen molar-refractivity contribution in [2.24, 2.45) is 0 Å². The zero-order valence-electron chi connectivity index (χ0n) is 19.8. The van der Waals surface area contributed by atoms with E-state index in [0.29, 0.717) is 34.7 Å². The number of pyridine rings is 1. The number of carboxylic acids is 1.